The predicted molar refractivity (Wildman–Crippen MR) is 147 cm³/mol. The van der Waals surface area contributed by atoms with Gasteiger partial charge in [-0.15, -0.1) is 34.5 Å². The zero-order valence-corrected chi connectivity index (χ0v) is 22.2. The smallest absolute Gasteiger partial charge is 0.316 e. The van der Waals surface area contributed by atoms with Gasteiger partial charge in [0, 0.05) is 66.3 Å². The molecular weight excluding hydrogens is 527 g/mol. The number of thiophene rings is 1. The minimum Gasteiger partial charge on any atom is -0.401 e. The Morgan fingerprint density at radius 1 is 1.17 bits per heavy atom. The van der Waals surface area contributed by atoms with Gasteiger partial charge in [-0.05, 0) is 47.9 Å². The highest BCUT2D eigenvalue weighted by molar-refractivity contribution is 7.87. The fraction of sp³-hybridized carbons (Fsp3) is 0.250. The topological polar surface area (TPSA) is 102 Å². The van der Waals surface area contributed by atoms with E-state index in [9.17, 15) is 8.42 Å². The second-order valence-electron chi connectivity index (χ2n) is 7.67. The number of nitrogens with zero attached hydrogens (tertiary/aromatic N) is 2. The summed E-state index contributed by atoms with van der Waals surface area (Å²) in [6.45, 7) is 5.18. The lowest BCUT2D eigenvalue weighted by molar-refractivity contribution is 0.470. The summed E-state index contributed by atoms with van der Waals surface area (Å²) >= 11 is 13.0. The molecule has 1 unspecified atom stereocenters. The largest absolute Gasteiger partial charge is 0.401 e. The Labute approximate surface area is 220 Å². The molecule has 0 bridgehead atoms. The first-order valence-electron chi connectivity index (χ1n) is 10.8. The molecule has 1 atom stereocenters. The van der Waals surface area contributed by atoms with Gasteiger partial charge in [0.05, 0.1) is 5.00 Å². The lowest BCUT2D eigenvalue weighted by atomic mass is 10.1. The van der Waals surface area contributed by atoms with Gasteiger partial charge < -0.3 is 25.5 Å². The summed E-state index contributed by atoms with van der Waals surface area (Å²) in [6.07, 6.45) is 8.92. The van der Waals surface area contributed by atoms with Crippen LogP contribution < -0.4 is 20.6 Å². The van der Waals surface area contributed by atoms with Crippen LogP contribution in [-0.2, 0) is 10.1 Å². The Morgan fingerprint density at radius 2 is 1.86 bits per heavy atom. The van der Waals surface area contributed by atoms with Gasteiger partial charge >= 0.3 is 10.1 Å². The lowest BCUT2D eigenvalue weighted by Crippen LogP contribution is -2.27. The fourth-order valence-corrected chi connectivity index (χ4v) is 6.10. The fourth-order valence-electron chi connectivity index (χ4n) is 3.51. The van der Waals surface area contributed by atoms with Crippen LogP contribution in [0.15, 0.2) is 84.3 Å². The van der Waals surface area contributed by atoms with Crippen LogP contribution in [-0.4, -0.2) is 38.2 Å². The average molecular weight is 556 g/mol. The first-order valence-corrected chi connectivity index (χ1v) is 14.2. The number of nitrogen functional groups attached to an aromatic ring is 1. The molecule has 1 aliphatic rings. The number of anilines is 2. The number of rotatable bonds is 12. The first-order chi connectivity index (χ1) is 16.7. The molecule has 1 aliphatic heterocycles. The number of allylic oxidation sites excluding steroid dienone is 4. The molecule has 7 nitrogen and oxygen atoms in total. The van der Waals surface area contributed by atoms with Crippen LogP contribution >= 0.6 is 34.5 Å². The molecule has 0 radical (unpaired) electrons. The van der Waals surface area contributed by atoms with E-state index in [-0.39, 0.29) is 12.2 Å². The second kappa shape index (κ2) is 12.4. The lowest BCUT2D eigenvalue weighted by Gasteiger charge is -2.23. The van der Waals surface area contributed by atoms with Crippen molar-refractivity contribution in [2.45, 2.75) is 11.7 Å². The minimum atomic E-state index is -4.15. The molecule has 1 aromatic carbocycles. The number of hydrogen-bond acceptors (Lipinski definition) is 8. The maximum atomic E-state index is 13.4. The molecule has 0 fully saturated rings. The summed E-state index contributed by atoms with van der Waals surface area (Å²) in [7, 11) is -4.15. The van der Waals surface area contributed by atoms with E-state index in [2.05, 4.69) is 6.58 Å². The van der Waals surface area contributed by atoms with Crippen LogP contribution in [0.1, 0.15) is 17.2 Å². The summed E-state index contributed by atoms with van der Waals surface area (Å²) in [5.41, 5.74) is 14.7. The molecule has 188 valence electrons. The van der Waals surface area contributed by atoms with Crippen LogP contribution in [0.5, 0.6) is 5.75 Å². The van der Waals surface area contributed by atoms with Crippen molar-refractivity contribution in [2.75, 3.05) is 35.5 Å². The number of nitrogens with two attached hydrogens (primary N) is 2. The van der Waals surface area contributed by atoms with Crippen LogP contribution in [0.2, 0.25) is 0 Å². The van der Waals surface area contributed by atoms with Crippen molar-refractivity contribution < 1.29 is 12.6 Å². The highest BCUT2D eigenvalue weighted by Gasteiger charge is 2.32. The van der Waals surface area contributed by atoms with E-state index in [0.717, 1.165) is 5.69 Å². The van der Waals surface area contributed by atoms with Gasteiger partial charge in [-0.2, -0.15) is 8.42 Å². The highest BCUT2D eigenvalue weighted by atomic mass is 35.5. The van der Waals surface area contributed by atoms with Gasteiger partial charge in [0.15, 0.2) is 0 Å². The third-order valence-corrected chi connectivity index (χ3v) is 7.89. The summed E-state index contributed by atoms with van der Waals surface area (Å²) in [5.74, 6) is 1.07. The predicted octanol–water partition coefficient (Wildman–Crippen LogP) is 5.15. The van der Waals surface area contributed by atoms with Crippen molar-refractivity contribution in [2.24, 2.45) is 5.73 Å². The summed E-state index contributed by atoms with van der Waals surface area (Å²) in [5, 5.41) is 1.05. The molecule has 0 amide bonds. The van der Waals surface area contributed by atoms with E-state index in [1.807, 2.05) is 23.1 Å². The molecule has 2 heterocycles. The zero-order chi connectivity index (χ0) is 25.4. The first kappa shape index (κ1) is 27.0. The summed E-state index contributed by atoms with van der Waals surface area (Å²) in [4.78, 5) is 3.74. The van der Waals surface area contributed by atoms with Crippen LogP contribution in [0.25, 0.3) is 0 Å². The molecule has 3 rings (SSSR count). The third kappa shape index (κ3) is 7.20. The maximum Gasteiger partial charge on any atom is 0.316 e. The van der Waals surface area contributed by atoms with E-state index >= 15 is 0 Å². The molecule has 0 saturated carbocycles. The third-order valence-electron chi connectivity index (χ3n) is 5.25. The van der Waals surface area contributed by atoms with Crippen molar-refractivity contribution in [3.8, 4) is 5.75 Å². The van der Waals surface area contributed by atoms with E-state index in [1.54, 1.807) is 53.0 Å². The van der Waals surface area contributed by atoms with Crippen molar-refractivity contribution in [3.63, 3.8) is 0 Å². The summed E-state index contributed by atoms with van der Waals surface area (Å²) in [6, 6.07) is 8.43. The van der Waals surface area contributed by atoms with Gasteiger partial charge in [-0.25, -0.2) is 0 Å². The number of alkyl halides is 2. The van der Waals surface area contributed by atoms with E-state index in [4.69, 9.17) is 38.9 Å². The monoisotopic (exact) mass is 554 g/mol. The molecule has 1 aromatic heterocycles. The molecular formula is C24H28Cl2N4O3S2. The van der Waals surface area contributed by atoms with Crippen LogP contribution in [0.3, 0.4) is 0 Å². The molecule has 4 N–H and O–H groups in total. The number of halogens is 2. The Bertz CT molecular complexity index is 1200. The Hall–Kier alpha value is -2.59. The molecule has 2 aromatic rings. The van der Waals surface area contributed by atoms with E-state index < -0.39 is 15.4 Å². The minimum absolute atomic E-state index is 0.0120. The Kier molecular flexibility index (Phi) is 9.56. The van der Waals surface area contributed by atoms with Crippen molar-refractivity contribution >= 4 is 55.3 Å². The van der Waals surface area contributed by atoms with Gasteiger partial charge in [-0.1, -0.05) is 12.7 Å². The SMILES string of the molecule is C=C1C=CC=CN1/C=C(\N)CC(c1ccsc1N)S(=O)(=O)Oc1ccc(N(CCCl)CCCl)cc1. The standard InChI is InChI=1S/C24H28Cl2N4O3S2/c1-18-4-2-3-12-30(18)17-19(27)16-23(22-9-15-34-24(22)28)35(31,32)33-21-7-5-20(6-8-21)29(13-10-25)14-11-26/h2-9,12,15,17,23H,1,10-11,13-14,16,27-28H2/b19-17-. The zero-order valence-electron chi connectivity index (χ0n) is 19.0. The maximum absolute atomic E-state index is 13.4. The normalized spacial score (nSPS) is 14.9. The van der Waals surface area contributed by atoms with Gasteiger partial charge in [0.2, 0.25) is 0 Å². The van der Waals surface area contributed by atoms with Crippen LogP contribution in [0, 0.1) is 0 Å². The van der Waals surface area contributed by atoms with Crippen molar-refractivity contribution in [3.05, 3.63) is 89.9 Å². The molecule has 0 saturated heterocycles. The molecule has 0 spiro atoms. The highest BCUT2D eigenvalue weighted by Crippen LogP contribution is 2.37. The van der Waals surface area contributed by atoms with Crippen molar-refractivity contribution in [1.82, 2.24) is 4.90 Å². The van der Waals surface area contributed by atoms with Crippen LogP contribution in [0.4, 0.5) is 10.7 Å². The van der Waals surface area contributed by atoms with Crippen molar-refractivity contribution in [1.29, 1.82) is 0 Å². The van der Waals surface area contributed by atoms with E-state index in [1.165, 1.54) is 11.3 Å². The van der Waals surface area contributed by atoms with E-state index in [0.29, 0.717) is 46.8 Å². The Balaban J connectivity index is 1.83. The number of hydrogen-bond donors (Lipinski definition) is 2. The second-order valence-corrected chi connectivity index (χ2v) is 11.1. The molecule has 11 heteroatoms. The molecule has 35 heavy (non-hydrogen) atoms. The average Bonchev–Trinajstić information content (AvgIpc) is 3.24. The van der Waals surface area contributed by atoms with Gasteiger partial charge in [0.1, 0.15) is 11.0 Å². The quantitative estimate of drug-likeness (QED) is 0.276. The molecule has 0 aliphatic carbocycles. The Morgan fingerprint density at radius 3 is 2.43 bits per heavy atom. The summed E-state index contributed by atoms with van der Waals surface area (Å²) < 4.78 is 32.3. The van der Waals surface area contributed by atoms with Gasteiger partial charge in [0.25, 0.3) is 0 Å². The number of benzene rings is 1. The van der Waals surface area contributed by atoms with Gasteiger partial charge in [-0.3, -0.25) is 0 Å².